The molecule has 1 amide bonds. The molecule has 3 nitrogen and oxygen atoms in total. The molecule has 4 heteroatoms. The first-order valence-electron chi connectivity index (χ1n) is 8.31. The maximum absolute atomic E-state index is 11.9. The Morgan fingerprint density at radius 3 is 2.64 bits per heavy atom. The molecular formula is C21H20ClNO2. The molecule has 1 aliphatic rings. The first kappa shape index (κ1) is 17.4. The van der Waals surface area contributed by atoms with E-state index >= 15 is 0 Å². The highest BCUT2D eigenvalue weighted by Crippen LogP contribution is 2.50. The molecule has 128 valence electrons. The van der Waals surface area contributed by atoms with Gasteiger partial charge in [-0.25, -0.2) is 4.79 Å². The Bertz CT molecular complexity index is 832. The van der Waals surface area contributed by atoms with Crippen LogP contribution in [0.4, 0.5) is 4.79 Å². The van der Waals surface area contributed by atoms with Gasteiger partial charge in [0.25, 0.3) is 0 Å². The molecule has 0 bridgehead atoms. The zero-order chi connectivity index (χ0) is 17.9. The third-order valence-electron chi connectivity index (χ3n) is 4.34. The van der Waals surface area contributed by atoms with Gasteiger partial charge in [-0.3, -0.25) is 0 Å². The fourth-order valence-corrected chi connectivity index (χ4v) is 2.90. The van der Waals surface area contributed by atoms with Crippen LogP contribution in [0.3, 0.4) is 0 Å². The predicted molar refractivity (Wildman–Crippen MR) is 100.0 cm³/mol. The highest BCUT2D eigenvalue weighted by atomic mass is 35.5. The Balaban J connectivity index is 1.62. The number of para-hydroxylation sites is 1. The first-order chi connectivity index (χ1) is 12.0. The van der Waals surface area contributed by atoms with Crippen molar-refractivity contribution in [3.8, 4) is 17.6 Å². The van der Waals surface area contributed by atoms with E-state index in [4.69, 9.17) is 16.3 Å². The van der Waals surface area contributed by atoms with Crippen LogP contribution in [0, 0.1) is 11.8 Å². The fraction of sp³-hybridized carbons (Fsp3) is 0.286. The van der Waals surface area contributed by atoms with Crippen LogP contribution in [0.1, 0.15) is 37.8 Å². The quantitative estimate of drug-likeness (QED) is 0.795. The number of carbonyl (C=O) groups excluding carboxylic acids is 1. The lowest BCUT2D eigenvalue weighted by molar-refractivity contribution is 0.199. The number of carbonyl (C=O) groups is 1. The maximum atomic E-state index is 11.9. The molecule has 1 unspecified atom stereocenters. The molecule has 0 spiro atoms. The zero-order valence-corrected chi connectivity index (χ0v) is 15.1. The molecule has 1 N–H and O–H groups in total. The number of hydrogen-bond acceptors (Lipinski definition) is 2. The van der Waals surface area contributed by atoms with Crippen LogP contribution in [0.15, 0.2) is 48.5 Å². The summed E-state index contributed by atoms with van der Waals surface area (Å²) in [7, 11) is 0. The maximum Gasteiger partial charge on any atom is 0.413 e. The molecule has 2 aromatic rings. The van der Waals surface area contributed by atoms with Crippen LogP contribution in [0.5, 0.6) is 5.75 Å². The molecule has 25 heavy (non-hydrogen) atoms. The molecule has 1 aliphatic carbocycles. The van der Waals surface area contributed by atoms with E-state index in [-0.39, 0.29) is 11.5 Å². The summed E-state index contributed by atoms with van der Waals surface area (Å²) in [6.07, 6.45) is 1.80. The Morgan fingerprint density at radius 1 is 1.24 bits per heavy atom. The van der Waals surface area contributed by atoms with Crippen LogP contribution in [0.25, 0.3) is 0 Å². The van der Waals surface area contributed by atoms with Gasteiger partial charge in [0.15, 0.2) is 0 Å². The van der Waals surface area contributed by atoms with Gasteiger partial charge in [0, 0.05) is 10.6 Å². The molecule has 0 heterocycles. The summed E-state index contributed by atoms with van der Waals surface area (Å²) in [5.41, 5.74) is 2.25. The lowest BCUT2D eigenvalue weighted by Gasteiger charge is -2.11. The summed E-state index contributed by atoms with van der Waals surface area (Å²) >= 11 is 6.31. The second kappa shape index (κ2) is 7.21. The summed E-state index contributed by atoms with van der Waals surface area (Å²) in [5, 5.41) is 3.50. The van der Waals surface area contributed by atoms with Crippen molar-refractivity contribution in [2.45, 2.75) is 38.1 Å². The number of benzene rings is 2. The molecular weight excluding hydrogens is 334 g/mol. The van der Waals surface area contributed by atoms with Crippen molar-refractivity contribution >= 4 is 17.7 Å². The normalized spacial score (nSPS) is 15.5. The number of nitrogens with one attached hydrogen (secondary N) is 1. The van der Waals surface area contributed by atoms with E-state index in [2.05, 4.69) is 30.1 Å². The van der Waals surface area contributed by atoms with Crippen molar-refractivity contribution < 1.29 is 9.53 Å². The molecule has 0 saturated heterocycles. The molecule has 1 atom stereocenters. The molecule has 0 radical (unpaired) electrons. The second-order valence-corrected chi connectivity index (χ2v) is 7.00. The predicted octanol–water partition coefficient (Wildman–Crippen LogP) is 4.92. The summed E-state index contributed by atoms with van der Waals surface area (Å²) < 4.78 is 5.19. The van der Waals surface area contributed by atoms with Gasteiger partial charge in [0.05, 0.1) is 6.04 Å². The Labute approximate surface area is 153 Å². The minimum Gasteiger partial charge on any atom is -0.410 e. The van der Waals surface area contributed by atoms with Crippen molar-refractivity contribution in [3.63, 3.8) is 0 Å². The van der Waals surface area contributed by atoms with Crippen molar-refractivity contribution in [3.05, 3.63) is 64.7 Å². The highest BCUT2D eigenvalue weighted by Gasteiger charge is 2.40. The number of amides is 1. The SMILES string of the molecule is CC(C#Cc1ccc(Cl)c(C2(C)CC2)c1)NC(=O)Oc1ccccc1. The van der Waals surface area contributed by atoms with Crippen LogP contribution < -0.4 is 10.1 Å². The van der Waals surface area contributed by atoms with Crippen molar-refractivity contribution in [2.24, 2.45) is 0 Å². The van der Waals surface area contributed by atoms with Crippen LogP contribution in [-0.4, -0.2) is 12.1 Å². The molecule has 0 aliphatic heterocycles. The minimum atomic E-state index is -0.518. The van der Waals surface area contributed by atoms with E-state index in [1.807, 2.05) is 37.3 Å². The molecule has 0 aromatic heterocycles. The highest BCUT2D eigenvalue weighted by molar-refractivity contribution is 6.31. The van der Waals surface area contributed by atoms with Gasteiger partial charge >= 0.3 is 6.09 Å². The largest absolute Gasteiger partial charge is 0.413 e. The average Bonchev–Trinajstić information content (AvgIpc) is 3.33. The van der Waals surface area contributed by atoms with Gasteiger partial charge in [-0.15, -0.1) is 0 Å². The second-order valence-electron chi connectivity index (χ2n) is 6.59. The van der Waals surface area contributed by atoms with E-state index in [1.165, 1.54) is 0 Å². The Kier molecular flexibility index (Phi) is 5.01. The smallest absolute Gasteiger partial charge is 0.410 e. The van der Waals surface area contributed by atoms with Crippen LogP contribution in [-0.2, 0) is 5.41 Å². The van der Waals surface area contributed by atoms with Crippen molar-refractivity contribution in [1.82, 2.24) is 5.32 Å². The number of rotatable bonds is 3. The van der Waals surface area contributed by atoms with E-state index in [1.54, 1.807) is 12.1 Å². The number of ether oxygens (including phenoxy) is 1. The van der Waals surface area contributed by atoms with E-state index in [9.17, 15) is 4.79 Å². The van der Waals surface area contributed by atoms with E-state index in [0.29, 0.717) is 5.75 Å². The number of hydrogen-bond donors (Lipinski definition) is 1. The fourth-order valence-electron chi connectivity index (χ4n) is 2.55. The molecule has 1 saturated carbocycles. The van der Waals surface area contributed by atoms with E-state index < -0.39 is 6.09 Å². The average molecular weight is 354 g/mol. The van der Waals surface area contributed by atoms with Gasteiger partial charge in [0.1, 0.15) is 5.75 Å². The third kappa shape index (κ3) is 4.55. The third-order valence-corrected chi connectivity index (χ3v) is 4.67. The van der Waals surface area contributed by atoms with Gasteiger partial charge in [-0.1, -0.05) is 48.6 Å². The van der Waals surface area contributed by atoms with Crippen LogP contribution in [0.2, 0.25) is 5.02 Å². The standard InChI is InChI=1S/C21H20ClNO2/c1-15(23-20(24)25-17-6-4-3-5-7-17)8-9-16-10-11-19(22)18(14-16)21(2)12-13-21/h3-7,10-11,14-15H,12-13H2,1-2H3,(H,23,24). The lowest BCUT2D eigenvalue weighted by atomic mass is 9.96. The molecule has 2 aromatic carbocycles. The minimum absolute atomic E-state index is 0.193. The Morgan fingerprint density at radius 2 is 1.96 bits per heavy atom. The van der Waals surface area contributed by atoms with Crippen molar-refractivity contribution in [2.75, 3.05) is 0 Å². The van der Waals surface area contributed by atoms with E-state index in [0.717, 1.165) is 29.0 Å². The van der Waals surface area contributed by atoms with Gasteiger partial charge < -0.3 is 10.1 Å². The zero-order valence-electron chi connectivity index (χ0n) is 14.3. The summed E-state index contributed by atoms with van der Waals surface area (Å²) in [6.45, 7) is 4.04. The summed E-state index contributed by atoms with van der Waals surface area (Å²) in [5.74, 6) is 6.63. The van der Waals surface area contributed by atoms with Gasteiger partial charge in [-0.05, 0) is 61.1 Å². The van der Waals surface area contributed by atoms with Gasteiger partial charge in [-0.2, -0.15) is 0 Å². The molecule has 3 rings (SSSR count). The summed E-state index contributed by atoms with van der Waals surface area (Å²) in [4.78, 5) is 11.9. The monoisotopic (exact) mass is 353 g/mol. The number of halogens is 1. The topological polar surface area (TPSA) is 38.3 Å². The lowest BCUT2D eigenvalue weighted by Crippen LogP contribution is -2.33. The Hall–Kier alpha value is -2.44. The van der Waals surface area contributed by atoms with Crippen LogP contribution >= 0.6 is 11.6 Å². The van der Waals surface area contributed by atoms with Crippen molar-refractivity contribution in [1.29, 1.82) is 0 Å². The van der Waals surface area contributed by atoms with Gasteiger partial charge in [0.2, 0.25) is 0 Å². The summed E-state index contributed by atoms with van der Waals surface area (Å²) in [6, 6.07) is 14.5. The first-order valence-corrected chi connectivity index (χ1v) is 8.69. The molecule has 1 fully saturated rings.